The Bertz CT molecular complexity index is 3450. The molecule has 0 spiro atoms. The van der Waals surface area contributed by atoms with Crippen molar-refractivity contribution in [2.75, 3.05) is 0 Å². The van der Waals surface area contributed by atoms with Gasteiger partial charge in [0.1, 0.15) is 11.2 Å². The maximum atomic E-state index is 6.41. The van der Waals surface area contributed by atoms with Gasteiger partial charge in [0.15, 0.2) is 11.6 Å². The minimum Gasteiger partial charge on any atom is -0.455 e. The van der Waals surface area contributed by atoms with Gasteiger partial charge in [-0.25, -0.2) is 4.98 Å². The Labute approximate surface area is 340 Å². The first-order valence-electron chi connectivity index (χ1n) is 20.1. The summed E-state index contributed by atoms with van der Waals surface area (Å²) in [5.41, 5.74) is 15.1. The van der Waals surface area contributed by atoms with Gasteiger partial charge in [-0.05, 0) is 51.1 Å². The highest BCUT2D eigenvalue weighted by molar-refractivity contribution is 6.13. The van der Waals surface area contributed by atoms with E-state index in [1.165, 1.54) is 27.6 Å². The molecule has 278 valence electrons. The van der Waals surface area contributed by atoms with Crippen LogP contribution in [-0.2, 0) is 5.41 Å². The highest BCUT2D eigenvalue weighted by atomic mass is 16.3. The number of nitrogens with zero attached hydrogens (tertiary/aromatic N) is 4. The lowest BCUT2D eigenvalue weighted by atomic mass is 9.81. The fraction of sp³-hybridized carbons (Fsp3) is 0.0556. The minimum atomic E-state index is -0.248. The van der Waals surface area contributed by atoms with Gasteiger partial charge in [-0.2, -0.15) is 9.97 Å². The quantitative estimate of drug-likeness (QED) is 0.175. The van der Waals surface area contributed by atoms with Crippen LogP contribution >= 0.6 is 0 Å². The fourth-order valence-electron chi connectivity index (χ4n) is 9.46. The molecule has 0 N–H and O–H groups in total. The smallest absolute Gasteiger partial charge is 0.238 e. The largest absolute Gasteiger partial charge is 0.455 e. The second kappa shape index (κ2) is 12.7. The number of para-hydroxylation sites is 3. The van der Waals surface area contributed by atoms with Crippen molar-refractivity contribution in [1.82, 2.24) is 19.5 Å². The van der Waals surface area contributed by atoms with E-state index in [-0.39, 0.29) is 5.41 Å². The normalized spacial score (nSPS) is 13.1. The summed E-state index contributed by atoms with van der Waals surface area (Å²) < 4.78 is 8.69. The van der Waals surface area contributed by atoms with Crippen LogP contribution in [0.1, 0.15) is 25.0 Å². The summed E-state index contributed by atoms with van der Waals surface area (Å²) >= 11 is 0. The number of hydrogen-bond donors (Lipinski definition) is 0. The Hall–Kier alpha value is -7.63. The van der Waals surface area contributed by atoms with Gasteiger partial charge in [-0.1, -0.05) is 184 Å². The molecule has 0 radical (unpaired) electrons. The van der Waals surface area contributed by atoms with Crippen LogP contribution in [0.25, 0.3) is 106 Å². The summed E-state index contributed by atoms with van der Waals surface area (Å²) in [7, 11) is 0. The number of hydrogen-bond acceptors (Lipinski definition) is 4. The van der Waals surface area contributed by atoms with Gasteiger partial charge in [0.2, 0.25) is 5.95 Å². The average molecular weight is 757 g/mol. The molecule has 11 aromatic rings. The first-order valence-corrected chi connectivity index (χ1v) is 20.1. The van der Waals surface area contributed by atoms with E-state index in [9.17, 15) is 0 Å². The van der Waals surface area contributed by atoms with Gasteiger partial charge >= 0.3 is 0 Å². The van der Waals surface area contributed by atoms with E-state index in [0.717, 1.165) is 71.7 Å². The number of benzene rings is 8. The zero-order valence-electron chi connectivity index (χ0n) is 32.5. The van der Waals surface area contributed by atoms with Gasteiger partial charge in [0.05, 0.1) is 11.0 Å². The van der Waals surface area contributed by atoms with Gasteiger partial charge in [-0.3, -0.25) is 4.57 Å². The molecule has 0 bridgehead atoms. The Morgan fingerprint density at radius 3 is 1.80 bits per heavy atom. The van der Waals surface area contributed by atoms with E-state index in [1.807, 2.05) is 18.2 Å². The standard InChI is InChI=1S/C54H36N4O/c1-54(2)45-20-9-6-15-39(45)42-31-32-43-40-16-7-10-21-46(40)58(49(43)48(42)54)53-56-51(36-27-23-34(24-28-36)33-13-4-3-5-14-33)55-52(57-53)37-29-25-35(26-30-37)38-18-12-19-44-41-17-8-11-22-47(41)59-50(38)44/h3-32H,1-2H3. The van der Waals surface area contributed by atoms with E-state index in [1.54, 1.807) is 0 Å². The van der Waals surface area contributed by atoms with Crippen LogP contribution in [0.2, 0.25) is 0 Å². The zero-order valence-corrected chi connectivity index (χ0v) is 32.5. The van der Waals surface area contributed by atoms with Crippen molar-refractivity contribution in [1.29, 1.82) is 0 Å². The van der Waals surface area contributed by atoms with Crippen LogP contribution in [-0.4, -0.2) is 19.5 Å². The van der Waals surface area contributed by atoms with Crippen LogP contribution in [0.4, 0.5) is 0 Å². The molecule has 1 aliphatic carbocycles. The first kappa shape index (κ1) is 33.5. The van der Waals surface area contributed by atoms with Gasteiger partial charge in [0.25, 0.3) is 0 Å². The third-order valence-corrected chi connectivity index (χ3v) is 12.3. The van der Waals surface area contributed by atoms with Crippen molar-refractivity contribution < 1.29 is 4.42 Å². The van der Waals surface area contributed by atoms with Gasteiger partial charge in [0, 0.05) is 43.7 Å². The molecule has 0 fully saturated rings. The van der Waals surface area contributed by atoms with Crippen LogP contribution in [0.15, 0.2) is 186 Å². The molecular formula is C54H36N4O. The molecule has 3 aromatic heterocycles. The van der Waals surface area contributed by atoms with Gasteiger partial charge < -0.3 is 4.42 Å². The number of fused-ring (bicyclic) bond motifs is 10. The Kier molecular flexibility index (Phi) is 7.20. The van der Waals surface area contributed by atoms with Crippen LogP contribution in [0, 0.1) is 0 Å². The fourth-order valence-corrected chi connectivity index (χ4v) is 9.46. The van der Waals surface area contributed by atoms with Crippen molar-refractivity contribution >= 4 is 43.7 Å². The predicted octanol–water partition coefficient (Wildman–Crippen LogP) is 13.8. The summed E-state index contributed by atoms with van der Waals surface area (Å²) in [4.78, 5) is 15.9. The zero-order chi connectivity index (χ0) is 39.2. The molecule has 5 nitrogen and oxygen atoms in total. The Balaban J connectivity index is 1.07. The van der Waals surface area contributed by atoms with E-state index >= 15 is 0 Å². The second-order valence-corrected chi connectivity index (χ2v) is 16.0. The van der Waals surface area contributed by atoms with E-state index < -0.39 is 0 Å². The molecule has 12 rings (SSSR count). The lowest BCUT2D eigenvalue weighted by molar-refractivity contribution is 0.663. The molecule has 0 amide bonds. The molecule has 8 aromatic carbocycles. The van der Waals surface area contributed by atoms with E-state index in [0.29, 0.717) is 17.6 Å². The molecule has 0 unspecified atom stereocenters. The van der Waals surface area contributed by atoms with Crippen molar-refractivity contribution in [2.24, 2.45) is 0 Å². The molecular weight excluding hydrogens is 721 g/mol. The predicted molar refractivity (Wildman–Crippen MR) is 241 cm³/mol. The second-order valence-electron chi connectivity index (χ2n) is 16.0. The van der Waals surface area contributed by atoms with Crippen molar-refractivity contribution in [3.8, 4) is 62.1 Å². The topological polar surface area (TPSA) is 56.7 Å². The molecule has 5 heteroatoms. The molecule has 0 atom stereocenters. The van der Waals surface area contributed by atoms with Crippen LogP contribution in [0.3, 0.4) is 0 Å². The maximum absolute atomic E-state index is 6.41. The molecule has 0 saturated heterocycles. The van der Waals surface area contributed by atoms with E-state index in [2.05, 4.69) is 182 Å². The summed E-state index contributed by atoms with van der Waals surface area (Å²) in [5, 5.41) is 4.57. The van der Waals surface area contributed by atoms with Crippen molar-refractivity contribution in [3.05, 3.63) is 193 Å². The maximum Gasteiger partial charge on any atom is 0.238 e. The Morgan fingerprint density at radius 1 is 0.424 bits per heavy atom. The lowest BCUT2D eigenvalue weighted by Gasteiger charge is -2.23. The third-order valence-electron chi connectivity index (χ3n) is 12.3. The molecule has 59 heavy (non-hydrogen) atoms. The number of aromatic nitrogens is 4. The monoisotopic (exact) mass is 756 g/mol. The highest BCUT2D eigenvalue weighted by Crippen LogP contribution is 2.53. The first-order chi connectivity index (χ1) is 29.0. The van der Waals surface area contributed by atoms with Gasteiger partial charge in [-0.15, -0.1) is 0 Å². The summed E-state index contributed by atoms with van der Waals surface area (Å²) in [6.45, 7) is 4.68. The molecule has 0 saturated carbocycles. The lowest BCUT2D eigenvalue weighted by Crippen LogP contribution is -2.17. The third kappa shape index (κ3) is 5.08. The van der Waals surface area contributed by atoms with Crippen LogP contribution < -0.4 is 0 Å². The van der Waals surface area contributed by atoms with Crippen molar-refractivity contribution in [2.45, 2.75) is 19.3 Å². The SMILES string of the molecule is CC1(C)c2ccccc2-c2ccc3c4ccccc4n(-c4nc(-c5ccc(-c6ccccc6)cc5)nc(-c5ccc(-c6cccc7c6oc6ccccc67)cc5)n4)c3c21. The van der Waals surface area contributed by atoms with Crippen LogP contribution in [0.5, 0.6) is 0 Å². The minimum absolute atomic E-state index is 0.248. The Morgan fingerprint density at radius 2 is 1.02 bits per heavy atom. The van der Waals surface area contributed by atoms with E-state index in [4.69, 9.17) is 19.4 Å². The molecule has 0 aliphatic heterocycles. The summed E-state index contributed by atoms with van der Waals surface area (Å²) in [6, 6.07) is 64.0. The summed E-state index contributed by atoms with van der Waals surface area (Å²) in [5.74, 6) is 1.80. The van der Waals surface area contributed by atoms with Crippen molar-refractivity contribution in [3.63, 3.8) is 0 Å². The summed E-state index contributed by atoms with van der Waals surface area (Å²) in [6.07, 6.45) is 0. The number of furan rings is 1. The highest BCUT2D eigenvalue weighted by Gasteiger charge is 2.38. The average Bonchev–Trinajstić information content (AvgIpc) is 3.92. The molecule has 1 aliphatic rings. The molecule has 3 heterocycles. The number of rotatable bonds is 5.